The molecule has 2 rings (SSSR count). The summed E-state index contributed by atoms with van der Waals surface area (Å²) in [4.78, 5) is 11.4. The van der Waals surface area contributed by atoms with E-state index in [-0.39, 0.29) is 12.6 Å². The smallest absolute Gasteiger partial charge is 0.231 e. The summed E-state index contributed by atoms with van der Waals surface area (Å²) in [5.74, 6) is 1.46. The Morgan fingerprint density at radius 3 is 2.76 bits per heavy atom. The van der Waals surface area contributed by atoms with Crippen LogP contribution in [-0.2, 0) is 4.79 Å². The van der Waals surface area contributed by atoms with E-state index in [9.17, 15) is 4.79 Å². The van der Waals surface area contributed by atoms with Crippen molar-refractivity contribution in [3.63, 3.8) is 0 Å². The maximum Gasteiger partial charge on any atom is 0.231 e. The fraction of sp³-hybridized carbons (Fsp3) is 0.214. The average Bonchev–Trinajstić information content (AvgIpc) is 2.72. The molecule has 3 nitrogen and oxygen atoms in total. The summed E-state index contributed by atoms with van der Waals surface area (Å²) in [5, 5.41) is 0. The Morgan fingerprint density at radius 1 is 1.24 bits per heavy atom. The van der Waals surface area contributed by atoms with Crippen molar-refractivity contribution in [2.24, 2.45) is 0 Å². The predicted molar refractivity (Wildman–Crippen MR) is 66.0 cm³/mol. The monoisotopic (exact) mass is 230 g/mol. The molecule has 3 heteroatoms. The molecular weight excluding hydrogens is 216 g/mol. The Bertz CT molecular complexity index is 494. The van der Waals surface area contributed by atoms with Gasteiger partial charge in [-0.3, -0.25) is 4.79 Å². The quantitative estimate of drug-likeness (QED) is 0.749. The molecule has 0 saturated carbocycles. The van der Waals surface area contributed by atoms with Crippen LogP contribution in [0, 0.1) is 0 Å². The highest BCUT2D eigenvalue weighted by Crippen LogP contribution is 2.32. The average molecular weight is 230 g/mol. The van der Waals surface area contributed by atoms with E-state index in [4.69, 9.17) is 9.47 Å². The van der Waals surface area contributed by atoms with Crippen molar-refractivity contribution in [3.05, 3.63) is 41.5 Å². The molecule has 0 bridgehead atoms. The van der Waals surface area contributed by atoms with Crippen LogP contribution in [0.25, 0.3) is 6.08 Å². The van der Waals surface area contributed by atoms with Crippen molar-refractivity contribution in [1.82, 2.24) is 0 Å². The minimum atomic E-state index is -0.0114. The maximum atomic E-state index is 11.4. The maximum absolute atomic E-state index is 11.4. The van der Waals surface area contributed by atoms with Crippen molar-refractivity contribution in [3.8, 4) is 11.5 Å². The van der Waals surface area contributed by atoms with Crippen molar-refractivity contribution in [2.75, 3.05) is 6.79 Å². The lowest BCUT2D eigenvalue weighted by Gasteiger charge is -1.97. The van der Waals surface area contributed by atoms with Crippen LogP contribution in [0.4, 0.5) is 0 Å². The molecule has 88 valence electrons. The zero-order chi connectivity index (χ0) is 12.3. The van der Waals surface area contributed by atoms with Crippen LogP contribution in [0.1, 0.15) is 19.4 Å². The zero-order valence-corrected chi connectivity index (χ0v) is 9.90. The highest BCUT2D eigenvalue weighted by atomic mass is 16.7. The number of ether oxygens (including phenoxy) is 2. The summed E-state index contributed by atoms with van der Waals surface area (Å²) >= 11 is 0. The van der Waals surface area contributed by atoms with Crippen LogP contribution in [0.2, 0.25) is 0 Å². The molecule has 0 unspecified atom stereocenters. The van der Waals surface area contributed by atoms with Gasteiger partial charge in [0, 0.05) is 0 Å². The van der Waals surface area contributed by atoms with Crippen molar-refractivity contribution < 1.29 is 14.3 Å². The molecule has 1 aliphatic heterocycles. The van der Waals surface area contributed by atoms with Gasteiger partial charge in [-0.05, 0) is 43.7 Å². The second kappa shape index (κ2) is 4.87. The first-order chi connectivity index (χ1) is 8.15. The van der Waals surface area contributed by atoms with E-state index in [1.165, 1.54) is 0 Å². The minimum Gasteiger partial charge on any atom is -0.454 e. The summed E-state index contributed by atoms with van der Waals surface area (Å²) < 4.78 is 10.5. The number of carbonyl (C=O) groups excluding carboxylic acids is 1. The van der Waals surface area contributed by atoms with Crippen LogP contribution in [0.3, 0.4) is 0 Å². The molecule has 0 atom stereocenters. The van der Waals surface area contributed by atoms with E-state index >= 15 is 0 Å². The fourth-order valence-corrected chi connectivity index (χ4v) is 1.53. The van der Waals surface area contributed by atoms with E-state index in [1.807, 2.05) is 32.0 Å². The van der Waals surface area contributed by atoms with Crippen LogP contribution in [-0.4, -0.2) is 12.6 Å². The summed E-state index contributed by atoms with van der Waals surface area (Å²) in [7, 11) is 0. The van der Waals surface area contributed by atoms with Crippen LogP contribution < -0.4 is 9.47 Å². The molecule has 0 spiro atoms. The molecule has 0 aliphatic carbocycles. The number of carbonyl (C=O) groups is 1. The number of ketones is 1. The fourth-order valence-electron chi connectivity index (χ4n) is 1.53. The van der Waals surface area contributed by atoms with E-state index in [0.717, 1.165) is 22.6 Å². The largest absolute Gasteiger partial charge is 0.454 e. The molecule has 0 aromatic heterocycles. The van der Waals surface area contributed by atoms with E-state index in [0.29, 0.717) is 0 Å². The molecule has 0 fully saturated rings. The Hall–Kier alpha value is -2.03. The van der Waals surface area contributed by atoms with Gasteiger partial charge >= 0.3 is 0 Å². The molecule has 17 heavy (non-hydrogen) atoms. The Balaban J connectivity index is 2.11. The van der Waals surface area contributed by atoms with Crippen LogP contribution in [0.15, 0.2) is 35.9 Å². The van der Waals surface area contributed by atoms with Gasteiger partial charge in [0.05, 0.1) is 0 Å². The predicted octanol–water partition coefficient (Wildman–Crippen LogP) is 2.96. The van der Waals surface area contributed by atoms with Gasteiger partial charge in [0.2, 0.25) is 6.79 Å². The number of fused-ring (bicyclic) bond motifs is 1. The Kier molecular flexibility index (Phi) is 3.28. The first-order valence-corrected chi connectivity index (χ1v) is 5.42. The van der Waals surface area contributed by atoms with Gasteiger partial charge in [-0.25, -0.2) is 0 Å². The molecule has 0 saturated heterocycles. The summed E-state index contributed by atoms with van der Waals surface area (Å²) in [5.41, 5.74) is 1.91. The SMILES string of the molecule is CC(C)=CC(=O)/C=C/c1ccc2c(c1)OCO2. The second-order valence-corrected chi connectivity index (χ2v) is 4.07. The van der Waals surface area contributed by atoms with Crippen molar-refractivity contribution >= 4 is 11.9 Å². The third-order valence-electron chi connectivity index (χ3n) is 2.27. The number of benzene rings is 1. The molecule has 0 radical (unpaired) electrons. The van der Waals surface area contributed by atoms with Gasteiger partial charge in [-0.1, -0.05) is 17.7 Å². The summed E-state index contributed by atoms with van der Waals surface area (Å²) in [6.07, 6.45) is 4.91. The van der Waals surface area contributed by atoms with Gasteiger partial charge in [-0.2, -0.15) is 0 Å². The molecule has 0 N–H and O–H groups in total. The lowest BCUT2D eigenvalue weighted by molar-refractivity contribution is -0.110. The Labute approximate surface area is 100 Å². The second-order valence-electron chi connectivity index (χ2n) is 4.07. The minimum absolute atomic E-state index is 0.0114. The lowest BCUT2D eigenvalue weighted by Crippen LogP contribution is -1.92. The van der Waals surface area contributed by atoms with Crippen molar-refractivity contribution in [1.29, 1.82) is 0 Å². The number of rotatable bonds is 3. The van der Waals surface area contributed by atoms with E-state index in [1.54, 1.807) is 18.2 Å². The topological polar surface area (TPSA) is 35.5 Å². The number of hydrogen-bond acceptors (Lipinski definition) is 3. The third kappa shape index (κ3) is 2.97. The zero-order valence-electron chi connectivity index (χ0n) is 9.90. The van der Waals surface area contributed by atoms with E-state index in [2.05, 4.69) is 0 Å². The number of hydrogen-bond donors (Lipinski definition) is 0. The normalized spacial score (nSPS) is 12.8. The van der Waals surface area contributed by atoms with Gasteiger partial charge in [-0.15, -0.1) is 0 Å². The highest BCUT2D eigenvalue weighted by molar-refractivity contribution is 6.02. The first-order valence-electron chi connectivity index (χ1n) is 5.42. The summed E-state index contributed by atoms with van der Waals surface area (Å²) in [6, 6.07) is 5.59. The molecular formula is C14H14O3. The highest BCUT2D eigenvalue weighted by Gasteiger charge is 2.12. The molecule has 1 aromatic carbocycles. The van der Waals surface area contributed by atoms with Crippen LogP contribution in [0.5, 0.6) is 11.5 Å². The standard InChI is InChI=1S/C14H14O3/c1-10(2)7-12(15)5-3-11-4-6-13-14(8-11)17-9-16-13/h3-8H,9H2,1-2H3/b5-3+. The van der Waals surface area contributed by atoms with E-state index < -0.39 is 0 Å². The summed E-state index contributed by atoms with van der Waals surface area (Å²) in [6.45, 7) is 4.05. The molecule has 1 heterocycles. The Morgan fingerprint density at radius 2 is 2.00 bits per heavy atom. The number of allylic oxidation sites excluding steroid dienone is 3. The van der Waals surface area contributed by atoms with Gasteiger partial charge in [0.25, 0.3) is 0 Å². The van der Waals surface area contributed by atoms with Gasteiger partial charge in [0.1, 0.15) is 0 Å². The lowest BCUT2D eigenvalue weighted by atomic mass is 10.1. The first kappa shape index (κ1) is 11.5. The molecule has 1 aromatic rings. The van der Waals surface area contributed by atoms with Crippen LogP contribution >= 0.6 is 0 Å². The van der Waals surface area contributed by atoms with Crippen molar-refractivity contribution in [2.45, 2.75) is 13.8 Å². The van der Waals surface area contributed by atoms with Gasteiger partial charge in [0.15, 0.2) is 17.3 Å². The van der Waals surface area contributed by atoms with Gasteiger partial charge < -0.3 is 9.47 Å². The third-order valence-corrected chi connectivity index (χ3v) is 2.27. The molecule has 0 amide bonds. The molecule has 1 aliphatic rings.